The zero-order valence-corrected chi connectivity index (χ0v) is 16.5. The summed E-state index contributed by atoms with van der Waals surface area (Å²) < 4.78 is 0. The highest BCUT2D eigenvalue weighted by Gasteiger charge is 2.24. The second-order valence-corrected chi connectivity index (χ2v) is 7.91. The molecule has 1 aliphatic rings. The summed E-state index contributed by atoms with van der Waals surface area (Å²) in [5, 5.41) is 3.75. The highest BCUT2D eigenvalue weighted by atomic mass is 35.5. The van der Waals surface area contributed by atoms with E-state index in [1.165, 1.54) is 0 Å². The van der Waals surface area contributed by atoms with Crippen LogP contribution in [0.5, 0.6) is 0 Å². The van der Waals surface area contributed by atoms with Gasteiger partial charge in [0, 0.05) is 42.3 Å². The van der Waals surface area contributed by atoms with Crippen molar-refractivity contribution in [2.75, 3.05) is 18.8 Å². The highest BCUT2D eigenvalue weighted by Crippen LogP contribution is 2.17. The number of thioether (sulfide) groups is 1. The Morgan fingerprint density at radius 1 is 1.19 bits per heavy atom. The molecular formula is C20H22ClN3O2S. The van der Waals surface area contributed by atoms with Gasteiger partial charge in [0.2, 0.25) is 5.91 Å². The molecule has 2 heterocycles. The van der Waals surface area contributed by atoms with Gasteiger partial charge in [-0.3, -0.25) is 14.6 Å². The molecule has 0 atom stereocenters. The number of benzene rings is 1. The number of likely N-dealkylation sites (tertiary alicyclic amines) is 1. The monoisotopic (exact) mass is 403 g/mol. The Morgan fingerprint density at radius 2 is 1.93 bits per heavy atom. The largest absolute Gasteiger partial charge is 0.349 e. The van der Waals surface area contributed by atoms with E-state index in [2.05, 4.69) is 10.3 Å². The maximum atomic E-state index is 12.4. The number of hydrogen-bond donors (Lipinski definition) is 1. The van der Waals surface area contributed by atoms with Gasteiger partial charge in [-0.2, -0.15) is 0 Å². The molecule has 142 valence electrons. The van der Waals surface area contributed by atoms with Crippen LogP contribution in [0.4, 0.5) is 0 Å². The summed E-state index contributed by atoms with van der Waals surface area (Å²) in [6, 6.07) is 11.3. The van der Waals surface area contributed by atoms with Crippen LogP contribution in [0, 0.1) is 0 Å². The van der Waals surface area contributed by atoms with E-state index in [1.807, 2.05) is 29.2 Å². The Bertz CT molecular complexity index is 763. The average molecular weight is 404 g/mol. The van der Waals surface area contributed by atoms with Gasteiger partial charge in [0.15, 0.2) is 0 Å². The van der Waals surface area contributed by atoms with Crippen LogP contribution < -0.4 is 5.32 Å². The van der Waals surface area contributed by atoms with Crippen molar-refractivity contribution in [3.8, 4) is 0 Å². The lowest BCUT2D eigenvalue weighted by molar-refractivity contribution is -0.129. The number of hydrogen-bond acceptors (Lipinski definition) is 4. The van der Waals surface area contributed by atoms with Crippen LogP contribution in [0.1, 0.15) is 28.8 Å². The molecule has 1 fully saturated rings. The maximum Gasteiger partial charge on any atom is 0.253 e. The number of piperidine rings is 1. The minimum atomic E-state index is -0.105. The number of aromatic nitrogens is 1. The molecule has 7 heteroatoms. The summed E-state index contributed by atoms with van der Waals surface area (Å²) in [5.74, 6) is 1.31. The van der Waals surface area contributed by atoms with Crippen LogP contribution in [0.15, 0.2) is 48.8 Å². The van der Waals surface area contributed by atoms with Crippen LogP contribution in [-0.2, 0) is 10.5 Å². The lowest BCUT2D eigenvalue weighted by atomic mass is 10.0. The minimum absolute atomic E-state index is 0.100. The third-order valence-electron chi connectivity index (χ3n) is 4.51. The van der Waals surface area contributed by atoms with Gasteiger partial charge in [-0.15, -0.1) is 11.8 Å². The fourth-order valence-electron chi connectivity index (χ4n) is 2.97. The van der Waals surface area contributed by atoms with Gasteiger partial charge < -0.3 is 10.2 Å². The Hall–Kier alpha value is -2.05. The summed E-state index contributed by atoms with van der Waals surface area (Å²) in [5.41, 5.74) is 1.73. The molecule has 1 aliphatic heterocycles. The highest BCUT2D eigenvalue weighted by molar-refractivity contribution is 7.99. The maximum absolute atomic E-state index is 12.4. The van der Waals surface area contributed by atoms with Crippen LogP contribution in [-0.4, -0.2) is 46.6 Å². The number of nitrogens with zero attached hydrogens (tertiary/aromatic N) is 2. The summed E-state index contributed by atoms with van der Waals surface area (Å²) >= 11 is 7.49. The number of nitrogens with one attached hydrogen (secondary N) is 1. The number of amides is 2. The van der Waals surface area contributed by atoms with Gasteiger partial charge in [-0.1, -0.05) is 23.7 Å². The third-order valence-corrected chi connectivity index (χ3v) is 5.75. The van der Waals surface area contributed by atoms with Crippen molar-refractivity contribution in [3.05, 3.63) is 64.9 Å². The smallest absolute Gasteiger partial charge is 0.253 e. The van der Waals surface area contributed by atoms with Crippen LogP contribution in [0.25, 0.3) is 0 Å². The van der Waals surface area contributed by atoms with Crippen molar-refractivity contribution in [3.63, 3.8) is 0 Å². The molecule has 0 saturated carbocycles. The molecule has 27 heavy (non-hydrogen) atoms. The molecule has 3 rings (SSSR count). The van der Waals surface area contributed by atoms with Gasteiger partial charge in [0.1, 0.15) is 0 Å². The van der Waals surface area contributed by atoms with Crippen molar-refractivity contribution in [1.82, 2.24) is 15.2 Å². The standard InChI is InChI=1S/C20H22ClN3O2S/c21-17-5-3-15(4-6-17)13-27-14-19(25)24-10-7-18(8-11-24)23-20(26)16-2-1-9-22-12-16/h1-6,9,12,18H,7-8,10-11,13-14H2,(H,23,26). The van der Waals surface area contributed by atoms with Gasteiger partial charge in [0.05, 0.1) is 11.3 Å². The third kappa shape index (κ3) is 5.97. The number of halogens is 1. The first-order chi connectivity index (χ1) is 13.1. The van der Waals surface area contributed by atoms with Gasteiger partial charge >= 0.3 is 0 Å². The lowest BCUT2D eigenvalue weighted by Crippen LogP contribution is -2.47. The van der Waals surface area contributed by atoms with Crippen molar-refractivity contribution in [2.24, 2.45) is 0 Å². The fraction of sp³-hybridized carbons (Fsp3) is 0.350. The molecule has 0 radical (unpaired) electrons. The average Bonchev–Trinajstić information content (AvgIpc) is 2.70. The molecular weight excluding hydrogens is 382 g/mol. The second kappa shape index (κ2) is 9.76. The molecule has 0 unspecified atom stereocenters. The molecule has 0 bridgehead atoms. The molecule has 5 nitrogen and oxygen atoms in total. The van der Waals surface area contributed by atoms with Gasteiger partial charge in [-0.25, -0.2) is 0 Å². The Kier molecular flexibility index (Phi) is 7.12. The molecule has 0 aliphatic carbocycles. The van der Waals surface area contributed by atoms with Crippen molar-refractivity contribution < 1.29 is 9.59 Å². The SMILES string of the molecule is O=C(NC1CCN(C(=O)CSCc2ccc(Cl)cc2)CC1)c1cccnc1. The summed E-state index contributed by atoms with van der Waals surface area (Å²) in [4.78, 5) is 30.4. The lowest BCUT2D eigenvalue weighted by Gasteiger charge is -2.32. The Balaban J connectivity index is 1.37. The number of rotatable bonds is 6. The predicted molar refractivity (Wildman–Crippen MR) is 109 cm³/mol. The van der Waals surface area contributed by atoms with Gasteiger partial charge in [-0.05, 0) is 42.7 Å². The van der Waals surface area contributed by atoms with E-state index in [4.69, 9.17) is 11.6 Å². The normalized spacial score (nSPS) is 14.8. The molecule has 1 saturated heterocycles. The van der Waals surface area contributed by atoms with Crippen LogP contribution in [0.3, 0.4) is 0 Å². The summed E-state index contributed by atoms with van der Waals surface area (Å²) in [6.45, 7) is 1.36. The van der Waals surface area contributed by atoms with Crippen molar-refractivity contribution >= 4 is 35.2 Å². The van der Waals surface area contributed by atoms with E-state index in [-0.39, 0.29) is 17.9 Å². The molecule has 1 aromatic carbocycles. The Labute approximate surface area is 168 Å². The summed E-state index contributed by atoms with van der Waals surface area (Å²) in [6.07, 6.45) is 4.76. The molecule has 0 spiro atoms. The van der Waals surface area contributed by atoms with Gasteiger partial charge in [0.25, 0.3) is 5.91 Å². The number of carbonyl (C=O) groups is 2. The first kappa shape index (κ1) is 19.7. The number of carbonyl (C=O) groups excluding carboxylic acids is 2. The number of pyridine rings is 1. The zero-order chi connectivity index (χ0) is 19.1. The van der Waals surface area contributed by atoms with E-state index >= 15 is 0 Å². The quantitative estimate of drug-likeness (QED) is 0.803. The molecule has 2 aromatic rings. The zero-order valence-electron chi connectivity index (χ0n) is 14.9. The van der Waals surface area contributed by atoms with E-state index in [9.17, 15) is 9.59 Å². The van der Waals surface area contributed by atoms with E-state index < -0.39 is 0 Å². The summed E-state index contributed by atoms with van der Waals surface area (Å²) in [7, 11) is 0. The van der Waals surface area contributed by atoms with Crippen molar-refractivity contribution in [2.45, 2.75) is 24.6 Å². The van der Waals surface area contributed by atoms with Crippen LogP contribution in [0.2, 0.25) is 5.02 Å². The second-order valence-electron chi connectivity index (χ2n) is 6.49. The fourth-order valence-corrected chi connectivity index (χ4v) is 3.98. The van der Waals surface area contributed by atoms with E-state index in [1.54, 1.807) is 36.3 Å². The topological polar surface area (TPSA) is 62.3 Å². The van der Waals surface area contributed by atoms with Crippen LogP contribution >= 0.6 is 23.4 Å². The van der Waals surface area contributed by atoms with E-state index in [0.29, 0.717) is 24.4 Å². The Morgan fingerprint density at radius 3 is 2.59 bits per heavy atom. The molecule has 1 N–H and O–H groups in total. The molecule has 2 amide bonds. The first-order valence-corrected chi connectivity index (χ1v) is 10.5. The van der Waals surface area contributed by atoms with E-state index in [0.717, 1.165) is 29.2 Å². The van der Waals surface area contributed by atoms with Crippen molar-refractivity contribution in [1.29, 1.82) is 0 Å². The first-order valence-electron chi connectivity index (χ1n) is 8.92. The molecule has 1 aromatic heterocycles. The predicted octanol–water partition coefficient (Wildman–Crippen LogP) is 3.39. The minimum Gasteiger partial charge on any atom is -0.349 e.